The number of carbonyl (C=O) groups excluding carboxylic acids is 1. The summed E-state index contributed by atoms with van der Waals surface area (Å²) in [6.07, 6.45) is 3.98. The summed E-state index contributed by atoms with van der Waals surface area (Å²) in [5, 5.41) is 1.59. The number of hydrogen-bond donors (Lipinski definition) is 0. The quantitative estimate of drug-likeness (QED) is 0.421. The molecule has 3 aromatic rings. The van der Waals surface area contributed by atoms with Gasteiger partial charge in [0.2, 0.25) is 5.88 Å². The topological polar surface area (TPSA) is 55.3 Å². The Labute approximate surface area is 202 Å². The van der Waals surface area contributed by atoms with E-state index in [4.69, 9.17) is 39.5 Å². The van der Waals surface area contributed by atoms with Crippen molar-refractivity contribution in [3.63, 3.8) is 0 Å². The fourth-order valence-electron chi connectivity index (χ4n) is 4.07. The van der Waals surface area contributed by atoms with Crippen molar-refractivity contribution < 1.29 is 9.53 Å². The summed E-state index contributed by atoms with van der Waals surface area (Å²) >= 11 is 18.3. The average Bonchev–Trinajstić information content (AvgIpc) is 3.20. The highest BCUT2D eigenvalue weighted by atomic mass is 35.5. The molecule has 1 saturated heterocycles. The number of aryl methyl sites for hydroxylation is 1. The molecule has 1 fully saturated rings. The van der Waals surface area contributed by atoms with Crippen LogP contribution in [0.15, 0.2) is 54.9 Å². The molecule has 0 radical (unpaired) electrons. The number of rotatable bonds is 6. The lowest BCUT2D eigenvalue weighted by Gasteiger charge is -2.19. The number of carbonyl (C=O) groups is 1. The lowest BCUT2D eigenvalue weighted by molar-refractivity contribution is 0.0784. The number of ether oxygens (including phenoxy) is 1. The maximum absolute atomic E-state index is 13.2. The minimum Gasteiger partial charge on any atom is -0.478 e. The van der Waals surface area contributed by atoms with Crippen LogP contribution in [0.5, 0.6) is 5.88 Å². The molecule has 3 heterocycles. The Morgan fingerprint density at radius 2 is 1.91 bits per heavy atom. The molecule has 32 heavy (non-hydrogen) atoms. The van der Waals surface area contributed by atoms with Gasteiger partial charge in [-0.3, -0.25) is 9.78 Å². The second-order valence-electron chi connectivity index (χ2n) is 7.89. The Hall–Kier alpha value is -2.34. The number of pyridine rings is 2. The van der Waals surface area contributed by atoms with Gasteiger partial charge in [-0.1, -0.05) is 40.9 Å². The predicted octanol–water partition coefficient (Wildman–Crippen LogP) is 6.07. The minimum absolute atomic E-state index is 0.00310. The van der Waals surface area contributed by atoms with Crippen molar-refractivity contribution in [2.45, 2.75) is 19.3 Å². The zero-order valence-electron chi connectivity index (χ0n) is 17.5. The Bertz CT molecular complexity index is 1110. The van der Waals surface area contributed by atoms with E-state index in [1.165, 1.54) is 0 Å². The Kier molecular flexibility index (Phi) is 7.19. The highest BCUT2D eigenvalue weighted by Gasteiger charge is 2.36. The van der Waals surface area contributed by atoms with E-state index >= 15 is 0 Å². The van der Waals surface area contributed by atoms with Crippen LogP contribution in [0.2, 0.25) is 15.1 Å². The molecule has 0 spiro atoms. The van der Waals surface area contributed by atoms with Crippen LogP contribution in [0.1, 0.15) is 34.0 Å². The zero-order valence-corrected chi connectivity index (χ0v) is 19.7. The number of nitrogens with zero attached hydrogens (tertiary/aromatic N) is 3. The van der Waals surface area contributed by atoms with Crippen molar-refractivity contribution in [1.29, 1.82) is 0 Å². The van der Waals surface area contributed by atoms with Gasteiger partial charge in [0.05, 0.1) is 21.7 Å². The van der Waals surface area contributed by atoms with E-state index in [1.54, 1.807) is 36.7 Å². The van der Waals surface area contributed by atoms with Crippen molar-refractivity contribution in [3.8, 4) is 5.88 Å². The highest BCUT2D eigenvalue weighted by Crippen LogP contribution is 2.37. The van der Waals surface area contributed by atoms with Gasteiger partial charge in [0, 0.05) is 48.7 Å². The molecule has 5 nitrogen and oxygen atoms in total. The largest absolute Gasteiger partial charge is 0.478 e. The molecular weight excluding hydrogens is 469 g/mol. The second-order valence-corrected chi connectivity index (χ2v) is 9.14. The Balaban J connectivity index is 1.51. The summed E-state index contributed by atoms with van der Waals surface area (Å²) in [6, 6.07) is 12.8. The van der Waals surface area contributed by atoms with Gasteiger partial charge >= 0.3 is 0 Å². The van der Waals surface area contributed by atoms with E-state index < -0.39 is 0 Å². The van der Waals surface area contributed by atoms with Gasteiger partial charge in [-0.25, -0.2) is 4.98 Å². The van der Waals surface area contributed by atoms with Gasteiger partial charge in [-0.05, 0) is 55.2 Å². The molecule has 166 valence electrons. The number of likely N-dealkylation sites (tertiary alicyclic amines) is 1. The molecule has 1 aliphatic heterocycles. The van der Waals surface area contributed by atoms with Crippen LogP contribution in [-0.2, 0) is 0 Å². The van der Waals surface area contributed by atoms with Crippen LogP contribution >= 0.6 is 34.8 Å². The third-order valence-corrected chi connectivity index (χ3v) is 6.65. The van der Waals surface area contributed by atoms with Gasteiger partial charge in [-0.15, -0.1) is 0 Å². The van der Waals surface area contributed by atoms with Crippen molar-refractivity contribution in [3.05, 3.63) is 86.7 Å². The summed E-state index contributed by atoms with van der Waals surface area (Å²) in [5.41, 5.74) is 2.53. The zero-order chi connectivity index (χ0) is 22.7. The maximum atomic E-state index is 13.2. The van der Waals surface area contributed by atoms with E-state index in [-0.39, 0.29) is 17.7 Å². The molecule has 0 saturated carbocycles. The molecule has 0 unspecified atom stereocenters. The average molecular weight is 491 g/mol. The summed E-state index contributed by atoms with van der Waals surface area (Å²) in [7, 11) is 0. The number of amides is 1. The molecule has 1 aliphatic rings. The third kappa shape index (κ3) is 5.34. The molecule has 0 N–H and O–H groups in total. The number of halogens is 3. The molecule has 0 aliphatic carbocycles. The molecule has 1 aromatic carbocycles. The lowest BCUT2D eigenvalue weighted by Crippen LogP contribution is -2.29. The number of benzene rings is 1. The standard InChI is InChI=1S/C24H22Cl3N3O2/c1-15-10-17(6-8-28-15)24(31)30-13-18(7-9-32-23-5-3-19(25)12-29-23)20(14-30)16-2-4-21(26)22(27)11-16/h2-6,8,10-12,18,20H,7,9,13-14H2,1H3/t18-,20-/m1/s1. The van der Waals surface area contributed by atoms with Gasteiger partial charge in [0.15, 0.2) is 0 Å². The minimum atomic E-state index is 0.00310. The second kappa shape index (κ2) is 10.1. The summed E-state index contributed by atoms with van der Waals surface area (Å²) in [4.78, 5) is 23.4. The summed E-state index contributed by atoms with van der Waals surface area (Å²) < 4.78 is 5.82. The van der Waals surface area contributed by atoms with Crippen molar-refractivity contribution in [1.82, 2.24) is 14.9 Å². The van der Waals surface area contributed by atoms with Gasteiger partial charge in [-0.2, -0.15) is 0 Å². The summed E-state index contributed by atoms with van der Waals surface area (Å²) in [6.45, 7) is 3.59. The van der Waals surface area contributed by atoms with E-state index in [2.05, 4.69) is 9.97 Å². The van der Waals surface area contributed by atoms with Crippen LogP contribution in [0.3, 0.4) is 0 Å². The molecule has 4 rings (SSSR count). The number of aromatic nitrogens is 2. The molecular formula is C24H22Cl3N3O2. The first kappa shape index (κ1) is 22.8. The first-order valence-electron chi connectivity index (χ1n) is 10.3. The molecule has 8 heteroatoms. The van der Waals surface area contributed by atoms with Crippen LogP contribution in [0, 0.1) is 12.8 Å². The first-order valence-corrected chi connectivity index (χ1v) is 11.5. The van der Waals surface area contributed by atoms with Crippen molar-refractivity contribution in [2.75, 3.05) is 19.7 Å². The molecule has 2 atom stereocenters. The SMILES string of the molecule is Cc1cc(C(=O)N2C[C@@H](CCOc3ccc(Cl)cn3)[C@@H](c3ccc(Cl)c(Cl)c3)C2)ccn1. The van der Waals surface area contributed by atoms with Gasteiger partial charge in [0.25, 0.3) is 5.91 Å². The smallest absolute Gasteiger partial charge is 0.254 e. The van der Waals surface area contributed by atoms with E-state index in [9.17, 15) is 4.79 Å². The van der Waals surface area contributed by atoms with E-state index in [0.29, 0.717) is 46.2 Å². The Morgan fingerprint density at radius 3 is 2.62 bits per heavy atom. The van der Waals surface area contributed by atoms with Crippen LogP contribution in [-0.4, -0.2) is 40.5 Å². The lowest BCUT2D eigenvalue weighted by atomic mass is 9.87. The fraction of sp³-hybridized carbons (Fsp3) is 0.292. The molecule has 0 bridgehead atoms. The van der Waals surface area contributed by atoms with Crippen molar-refractivity contribution in [2.24, 2.45) is 5.92 Å². The highest BCUT2D eigenvalue weighted by molar-refractivity contribution is 6.42. The number of hydrogen-bond acceptors (Lipinski definition) is 4. The molecule has 2 aromatic heterocycles. The Morgan fingerprint density at radius 1 is 1.06 bits per heavy atom. The maximum Gasteiger partial charge on any atom is 0.254 e. The predicted molar refractivity (Wildman–Crippen MR) is 127 cm³/mol. The monoisotopic (exact) mass is 489 g/mol. The van der Waals surface area contributed by atoms with Crippen molar-refractivity contribution >= 4 is 40.7 Å². The normalized spacial score (nSPS) is 18.1. The van der Waals surface area contributed by atoms with E-state index in [0.717, 1.165) is 17.7 Å². The molecule has 1 amide bonds. The first-order chi connectivity index (χ1) is 15.4. The van der Waals surface area contributed by atoms with Crippen LogP contribution in [0.4, 0.5) is 0 Å². The van der Waals surface area contributed by atoms with Crippen LogP contribution < -0.4 is 4.74 Å². The summed E-state index contributed by atoms with van der Waals surface area (Å²) in [5.74, 6) is 0.854. The van der Waals surface area contributed by atoms with Gasteiger partial charge in [0.1, 0.15) is 0 Å². The third-order valence-electron chi connectivity index (χ3n) is 5.68. The van der Waals surface area contributed by atoms with E-state index in [1.807, 2.05) is 30.0 Å². The fourth-order valence-corrected chi connectivity index (χ4v) is 4.49. The van der Waals surface area contributed by atoms with Crippen LogP contribution in [0.25, 0.3) is 0 Å². The van der Waals surface area contributed by atoms with Gasteiger partial charge < -0.3 is 9.64 Å².